The van der Waals surface area contributed by atoms with Crippen molar-refractivity contribution in [2.45, 2.75) is 31.3 Å². The molecule has 1 aliphatic carbocycles. The van der Waals surface area contributed by atoms with E-state index in [1.54, 1.807) is 30.3 Å². The summed E-state index contributed by atoms with van der Waals surface area (Å²) in [5.41, 5.74) is 7.52. The second-order valence-corrected chi connectivity index (χ2v) is 8.03. The quantitative estimate of drug-likeness (QED) is 0.689. The summed E-state index contributed by atoms with van der Waals surface area (Å²) in [4.78, 5) is 24.6. The van der Waals surface area contributed by atoms with Crippen LogP contribution in [-0.4, -0.2) is 40.6 Å². The van der Waals surface area contributed by atoms with Gasteiger partial charge in [-0.1, -0.05) is 18.7 Å². The normalized spacial score (nSPS) is 17.5. The second kappa shape index (κ2) is 6.04. The Morgan fingerprint density at radius 3 is 2.95 bits per heavy atom. The monoisotopic (exact) mass is 336 g/mol. The summed E-state index contributed by atoms with van der Waals surface area (Å²) in [5.74, 6) is 1.66. The molecule has 0 saturated heterocycles. The molecule has 1 amide bonds. The highest BCUT2D eigenvalue weighted by Crippen LogP contribution is 2.39. The Balaban J connectivity index is 1.91. The summed E-state index contributed by atoms with van der Waals surface area (Å²) in [7, 11) is 3.49. The zero-order chi connectivity index (χ0) is 15.9. The number of hydrogen-bond donors (Lipinski definition) is 1. The zero-order valence-electron chi connectivity index (χ0n) is 13.0. The lowest BCUT2D eigenvalue weighted by Crippen LogP contribution is -2.23. The Labute approximate surface area is 138 Å². The first-order chi connectivity index (χ1) is 10.5. The van der Waals surface area contributed by atoms with Crippen LogP contribution in [-0.2, 0) is 17.6 Å². The molecule has 5 nitrogen and oxygen atoms in total. The van der Waals surface area contributed by atoms with Gasteiger partial charge in [0, 0.05) is 19.0 Å². The van der Waals surface area contributed by atoms with Crippen molar-refractivity contribution in [3.05, 3.63) is 10.4 Å². The van der Waals surface area contributed by atoms with E-state index in [2.05, 4.69) is 16.9 Å². The highest BCUT2D eigenvalue weighted by atomic mass is 32.2. The van der Waals surface area contributed by atoms with Crippen molar-refractivity contribution in [1.29, 1.82) is 0 Å². The number of fused-ring (bicyclic) bond motifs is 3. The lowest BCUT2D eigenvalue weighted by Gasteiger charge is -2.17. The molecule has 2 aromatic rings. The number of nitrogen functional groups attached to an aromatic ring is 1. The Morgan fingerprint density at radius 2 is 2.23 bits per heavy atom. The van der Waals surface area contributed by atoms with Gasteiger partial charge in [-0.3, -0.25) is 4.79 Å². The van der Waals surface area contributed by atoms with Gasteiger partial charge in [0.15, 0.2) is 5.16 Å². The van der Waals surface area contributed by atoms with Crippen molar-refractivity contribution in [2.75, 3.05) is 25.6 Å². The minimum Gasteiger partial charge on any atom is -0.383 e. The Morgan fingerprint density at radius 1 is 1.45 bits per heavy atom. The van der Waals surface area contributed by atoms with E-state index < -0.39 is 0 Å². The summed E-state index contributed by atoms with van der Waals surface area (Å²) in [5, 5.41) is 1.63. The van der Waals surface area contributed by atoms with Crippen molar-refractivity contribution in [3.63, 3.8) is 0 Å². The molecular weight excluding hydrogens is 316 g/mol. The molecule has 22 heavy (non-hydrogen) atoms. The number of thiophene rings is 1. The molecule has 2 N–H and O–H groups in total. The molecule has 0 bridgehead atoms. The lowest BCUT2D eigenvalue weighted by molar-refractivity contribution is -0.125. The van der Waals surface area contributed by atoms with Gasteiger partial charge in [-0.25, -0.2) is 9.97 Å². The van der Waals surface area contributed by atoms with Crippen LogP contribution in [0, 0.1) is 5.92 Å². The van der Waals surface area contributed by atoms with Crippen LogP contribution in [0.3, 0.4) is 0 Å². The molecule has 1 atom stereocenters. The third-order valence-corrected chi connectivity index (χ3v) is 5.97. The molecule has 2 heterocycles. The highest BCUT2D eigenvalue weighted by Gasteiger charge is 2.23. The van der Waals surface area contributed by atoms with Gasteiger partial charge in [0.05, 0.1) is 11.1 Å². The van der Waals surface area contributed by atoms with Crippen LogP contribution < -0.4 is 5.73 Å². The zero-order valence-corrected chi connectivity index (χ0v) is 14.7. The molecule has 2 aromatic heterocycles. The van der Waals surface area contributed by atoms with Crippen molar-refractivity contribution in [3.8, 4) is 0 Å². The van der Waals surface area contributed by atoms with Crippen LogP contribution in [0.2, 0.25) is 0 Å². The number of hydrogen-bond acceptors (Lipinski definition) is 6. The Hall–Kier alpha value is -1.34. The number of carbonyl (C=O) groups excluding carboxylic acids is 1. The second-order valence-electron chi connectivity index (χ2n) is 6.00. The fourth-order valence-corrected chi connectivity index (χ4v) is 4.95. The van der Waals surface area contributed by atoms with Crippen LogP contribution in [0.25, 0.3) is 10.2 Å². The number of anilines is 1. The SMILES string of the molecule is CC1CCc2c(sc3nc(SCC(=O)N(C)C)nc(N)c23)C1. The number of aryl methyl sites for hydroxylation is 1. The summed E-state index contributed by atoms with van der Waals surface area (Å²) in [6.45, 7) is 2.29. The number of thioether (sulfide) groups is 1. The van der Waals surface area contributed by atoms with E-state index in [9.17, 15) is 4.79 Å². The molecule has 0 saturated carbocycles. The number of rotatable bonds is 3. The minimum atomic E-state index is 0.0477. The predicted molar refractivity (Wildman–Crippen MR) is 92.4 cm³/mol. The molecule has 1 aliphatic rings. The maximum Gasteiger partial charge on any atom is 0.232 e. The molecule has 3 rings (SSSR count). The number of aromatic nitrogens is 2. The molecular formula is C15H20N4OS2. The van der Waals surface area contributed by atoms with Gasteiger partial charge >= 0.3 is 0 Å². The number of nitrogens with two attached hydrogens (primary N) is 1. The van der Waals surface area contributed by atoms with E-state index in [-0.39, 0.29) is 5.91 Å². The van der Waals surface area contributed by atoms with E-state index in [4.69, 9.17) is 5.73 Å². The average Bonchev–Trinajstić information content (AvgIpc) is 2.82. The first kappa shape index (κ1) is 15.6. The first-order valence-electron chi connectivity index (χ1n) is 7.36. The molecule has 0 spiro atoms. The van der Waals surface area contributed by atoms with E-state index in [1.807, 2.05) is 0 Å². The standard InChI is InChI=1S/C15H20N4OS2/c1-8-4-5-9-10(6-8)22-14-12(9)13(16)17-15(18-14)21-7-11(20)19(2)3/h8H,4-7H2,1-3H3,(H2,16,17,18). The van der Waals surface area contributed by atoms with Crippen molar-refractivity contribution >= 4 is 45.0 Å². The maximum atomic E-state index is 11.7. The molecule has 118 valence electrons. The first-order valence-corrected chi connectivity index (χ1v) is 9.16. The maximum absolute atomic E-state index is 11.7. The summed E-state index contributed by atoms with van der Waals surface area (Å²) < 4.78 is 0. The highest BCUT2D eigenvalue weighted by molar-refractivity contribution is 7.99. The van der Waals surface area contributed by atoms with E-state index >= 15 is 0 Å². The van der Waals surface area contributed by atoms with E-state index in [0.717, 1.165) is 29.0 Å². The Kier molecular flexibility index (Phi) is 4.27. The van der Waals surface area contributed by atoms with Gasteiger partial charge in [-0.15, -0.1) is 11.3 Å². The summed E-state index contributed by atoms with van der Waals surface area (Å²) in [6, 6.07) is 0. The molecule has 0 aliphatic heterocycles. The van der Waals surface area contributed by atoms with Crippen LogP contribution in [0.4, 0.5) is 5.82 Å². The van der Waals surface area contributed by atoms with Gasteiger partial charge in [-0.05, 0) is 30.7 Å². The predicted octanol–water partition coefficient (Wildman–Crippen LogP) is 2.58. The molecule has 7 heteroatoms. The third-order valence-electron chi connectivity index (χ3n) is 3.99. The fraction of sp³-hybridized carbons (Fsp3) is 0.533. The topological polar surface area (TPSA) is 72.1 Å². The van der Waals surface area contributed by atoms with Crippen LogP contribution >= 0.6 is 23.1 Å². The van der Waals surface area contributed by atoms with Gasteiger partial charge in [0.2, 0.25) is 5.91 Å². The number of amides is 1. The molecule has 0 radical (unpaired) electrons. The summed E-state index contributed by atoms with van der Waals surface area (Å²) in [6.07, 6.45) is 3.37. The van der Waals surface area contributed by atoms with Crippen molar-refractivity contribution in [1.82, 2.24) is 14.9 Å². The van der Waals surface area contributed by atoms with Crippen LogP contribution in [0.5, 0.6) is 0 Å². The number of nitrogens with zero attached hydrogens (tertiary/aromatic N) is 3. The van der Waals surface area contributed by atoms with Crippen molar-refractivity contribution < 1.29 is 4.79 Å². The molecule has 1 unspecified atom stereocenters. The Bertz CT molecular complexity index is 726. The largest absolute Gasteiger partial charge is 0.383 e. The van der Waals surface area contributed by atoms with Gasteiger partial charge in [0.1, 0.15) is 10.6 Å². The summed E-state index contributed by atoms with van der Waals surface area (Å²) >= 11 is 3.08. The lowest BCUT2D eigenvalue weighted by atomic mass is 9.89. The van der Waals surface area contributed by atoms with Gasteiger partial charge < -0.3 is 10.6 Å². The fourth-order valence-electron chi connectivity index (χ4n) is 2.67. The van der Waals surface area contributed by atoms with Crippen LogP contribution in [0.15, 0.2) is 5.16 Å². The molecule has 0 fully saturated rings. The average molecular weight is 336 g/mol. The van der Waals surface area contributed by atoms with E-state index in [0.29, 0.717) is 16.7 Å². The number of carbonyl (C=O) groups is 1. The van der Waals surface area contributed by atoms with Crippen molar-refractivity contribution in [2.24, 2.45) is 5.92 Å². The van der Waals surface area contributed by atoms with E-state index in [1.165, 1.54) is 28.6 Å². The van der Waals surface area contributed by atoms with Gasteiger partial charge in [0.25, 0.3) is 0 Å². The van der Waals surface area contributed by atoms with Gasteiger partial charge in [-0.2, -0.15) is 0 Å². The molecule has 0 aromatic carbocycles. The van der Waals surface area contributed by atoms with Crippen LogP contribution in [0.1, 0.15) is 23.8 Å². The third kappa shape index (κ3) is 2.92. The smallest absolute Gasteiger partial charge is 0.232 e. The minimum absolute atomic E-state index is 0.0477.